The van der Waals surface area contributed by atoms with Gasteiger partial charge in [-0.15, -0.1) is 0 Å². The number of aromatic hydroxyl groups is 1. The van der Waals surface area contributed by atoms with Gasteiger partial charge in [0.05, 0.1) is 0 Å². The SMILES string of the molecule is Cc1cc(-c2noc(C3CC3)n2)cc(C)c1O. The van der Waals surface area contributed by atoms with E-state index in [0.717, 1.165) is 35.4 Å². The lowest BCUT2D eigenvalue weighted by Gasteiger charge is -2.04. The van der Waals surface area contributed by atoms with Gasteiger partial charge in [0.25, 0.3) is 0 Å². The van der Waals surface area contributed by atoms with Gasteiger partial charge in [0.1, 0.15) is 5.75 Å². The maximum absolute atomic E-state index is 9.72. The Morgan fingerprint density at radius 1 is 1.24 bits per heavy atom. The molecule has 0 bridgehead atoms. The van der Waals surface area contributed by atoms with Gasteiger partial charge in [0.2, 0.25) is 11.7 Å². The summed E-state index contributed by atoms with van der Waals surface area (Å²) in [5.41, 5.74) is 2.56. The third-order valence-electron chi connectivity index (χ3n) is 3.12. The molecule has 1 aromatic heterocycles. The summed E-state index contributed by atoms with van der Waals surface area (Å²) in [5.74, 6) is 2.15. The van der Waals surface area contributed by atoms with Gasteiger partial charge in [-0.3, -0.25) is 0 Å². The summed E-state index contributed by atoms with van der Waals surface area (Å²) < 4.78 is 5.23. The molecule has 0 aliphatic heterocycles. The van der Waals surface area contributed by atoms with Gasteiger partial charge in [-0.25, -0.2) is 0 Å². The van der Waals surface area contributed by atoms with Crippen LogP contribution in [0.4, 0.5) is 0 Å². The molecule has 0 spiro atoms. The molecule has 88 valence electrons. The fourth-order valence-corrected chi connectivity index (χ4v) is 1.93. The van der Waals surface area contributed by atoms with Crippen molar-refractivity contribution < 1.29 is 9.63 Å². The summed E-state index contributed by atoms with van der Waals surface area (Å²) in [5, 5.41) is 13.7. The molecular weight excluding hydrogens is 216 g/mol. The summed E-state index contributed by atoms with van der Waals surface area (Å²) in [7, 11) is 0. The molecule has 17 heavy (non-hydrogen) atoms. The van der Waals surface area contributed by atoms with E-state index in [1.165, 1.54) is 0 Å². The van der Waals surface area contributed by atoms with Crippen LogP contribution in [0.15, 0.2) is 16.7 Å². The molecule has 0 atom stereocenters. The first-order valence-electron chi connectivity index (χ1n) is 5.79. The Kier molecular flexibility index (Phi) is 2.18. The third kappa shape index (κ3) is 1.79. The minimum Gasteiger partial charge on any atom is -0.507 e. The number of benzene rings is 1. The van der Waals surface area contributed by atoms with Gasteiger partial charge in [-0.1, -0.05) is 5.16 Å². The maximum atomic E-state index is 9.72. The van der Waals surface area contributed by atoms with Gasteiger partial charge < -0.3 is 9.63 Å². The molecule has 1 aliphatic rings. The van der Waals surface area contributed by atoms with Crippen molar-refractivity contribution in [2.45, 2.75) is 32.6 Å². The highest BCUT2D eigenvalue weighted by Crippen LogP contribution is 2.39. The molecule has 0 saturated heterocycles. The number of hydrogen-bond donors (Lipinski definition) is 1. The first-order chi connectivity index (χ1) is 8.15. The van der Waals surface area contributed by atoms with Crippen LogP contribution >= 0.6 is 0 Å². The van der Waals surface area contributed by atoms with E-state index in [4.69, 9.17) is 4.52 Å². The van der Waals surface area contributed by atoms with Crippen LogP contribution in [0.1, 0.15) is 35.8 Å². The quantitative estimate of drug-likeness (QED) is 0.861. The van der Waals surface area contributed by atoms with Crippen molar-refractivity contribution in [1.29, 1.82) is 0 Å². The molecule has 0 radical (unpaired) electrons. The first-order valence-corrected chi connectivity index (χ1v) is 5.79. The zero-order valence-electron chi connectivity index (χ0n) is 9.90. The molecule has 1 fully saturated rings. The second-order valence-corrected chi connectivity index (χ2v) is 4.69. The highest BCUT2D eigenvalue weighted by molar-refractivity contribution is 5.60. The molecule has 1 aromatic carbocycles. The highest BCUT2D eigenvalue weighted by atomic mass is 16.5. The zero-order valence-corrected chi connectivity index (χ0v) is 9.90. The normalized spacial score (nSPS) is 15.2. The van der Waals surface area contributed by atoms with Crippen LogP contribution in [0.25, 0.3) is 11.4 Å². The smallest absolute Gasteiger partial charge is 0.230 e. The van der Waals surface area contributed by atoms with Crippen molar-refractivity contribution >= 4 is 0 Å². The van der Waals surface area contributed by atoms with Crippen molar-refractivity contribution in [3.8, 4) is 17.1 Å². The average Bonchev–Trinajstić information content (AvgIpc) is 3.04. The molecule has 1 aliphatic carbocycles. The molecule has 2 aromatic rings. The highest BCUT2D eigenvalue weighted by Gasteiger charge is 2.29. The van der Waals surface area contributed by atoms with Crippen LogP contribution < -0.4 is 0 Å². The molecule has 1 heterocycles. The standard InChI is InChI=1S/C13H14N2O2/c1-7-5-10(6-8(2)11(7)16)12-14-13(17-15-12)9-3-4-9/h5-6,9,16H,3-4H2,1-2H3. The van der Waals surface area contributed by atoms with E-state index in [-0.39, 0.29) is 0 Å². The topological polar surface area (TPSA) is 59.2 Å². The van der Waals surface area contributed by atoms with Gasteiger partial charge in [-0.2, -0.15) is 4.98 Å². The lowest BCUT2D eigenvalue weighted by Crippen LogP contribution is -1.87. The summed E-state index contributed by atoms with van der Waals surface area (Å²) in [6.45, 7) is 3.74. The van der Waals surface area contributed by atoms with E-state index >= 15 is 0 Å². The number of phenols is 1. The number of aryl methyl sites for hydroxylation is 2. The van der Waals surface area contributed by atoms with Gasteiger partial charge in [0, 0.05) is 11.5 Å². The van der Waals surface area contributed by atoms with Gasteiger partial charge in [0.15, 0.2) is 0 Å². The van der Waals surface area contributed by atoms with Crippen LogP contribution in [-0.4, -0.2) is 15.2 Å². The Morgan fingerprint density at radius 2 is 1.88 bits per heavy atom. The maximum Gasteiger partial charge on any atom is 0.230 e. The second-order valence-electron chi connectivity index (χ2n) is 4.69. The van der Waals surface area contributed by atoms with E-state index in [9.17, 15) is 5.11 Å². The lowest BCUT2D eigenvalue weighted by molar-refractivity contribution is 0.380. The fourth-order valence-electron chi connectivity index (χ4n) is 1.93. The van der Waals surface area contributed by atoms with E-state index in [1.54, 1.807) is 0 Å². The van der Waals surface area contributed by atoms with Crippen molar-refractivity contribution in [1.82, 2.24) is 10.1 Å². The molecule has 0 amide bonds. The monoisotopic (exact) mass is 230 g/mol. The Balaban J connectivity index is 2.01. The Morgan fingerprint density at radius 3 is 2.47 bits per heavy atom. The van der Waals surface area contributed by atoms with Gasteiger partial charge >= 0.3 is 0 Å². The van der Waals surface area contributed by atoms with Crippen LogP contribution in [0, 0.1) is 13.8 Å². The predicted octanol–water partition coefficient (Wildman–Crippen LogP) is 2.94. The number of rotatable bonds is 2. The number of nitrogens with zero attached hydrogens (tertiary/aromatic N) is 2. The van der Waals surface area contributed by atoms with Crippen LogP contribution in [0.5, 0.6) is 5.75 Å². The Labute approximate surface area is 99.3 Å². The third-order valence-corrected chi connectivity index (χ3v) is 3.12. The first kappa shape index (κ1) is 10.3. The van der Waals surface area contributed by atoms with E-state index < -0.39 is 0 Å². The van der Waals surface area contributed by atoms with Crippen LogP contribution in [0.3, 0.4) is 0 Å². The molecule has 4 heteroatoms. The average molecular weight is 230 g/mol. The summed E-state index contributed by atoms with van der Waals surface area (Å²) in [6.07, 6.45) is 2.30. The van der Waals surface area contributed by atoms with Crippen molar-refractivity contribution in [2.75, 3.05) is 0 Å². The van der Waals surface area contributed by atoms with Crippen LogP contribution in [0.2, 0.25) is 0 Å². The van der Waals surface area contributed by atoms with Crippen molar-refractivity contribution in [3.05, 3.63) is 29.2 Å². The minimum atomic E-state index is 0.333. The summed E-state index contributed by atoms with van der Waals surface area (Å²) >= 11 is 0. The number of hydrogen-bond acceptors (Lipinski definition) is 4. The predicted molar refractivity (Wildman–Crippen MR) is 62.8 cm³/mol. The fraction of sp³-hybridized carbons (Fsp3) is 0.385. The molecule has 0 unspecified atom stereocenters. The Hall–Kier alpha value is -1.84. The Bertz CT molecular complexity index is 548. The summed E-state index contributed by atoms with van der Waals surface area (Å²) in [6, 6.07) is 3.76. The van der Waals surface area contributed by atoms with E-state index in [0.29, 0.717) is 17.5 Å². The van der Waals surface area contributed by atoms with E-state index in [1.807, 2.05) is 26.0 Å². The molecule has 4 nitrogen and oxygen atoms in total. The van der Waals surface area contributed by atoms with Crippen molar-refractivity contribution in [2.24, 2.45) is 0 Å². The van der Waals surface area contributed by atoms with E-state index in [2.05, 4.69) is 10.1 Å². The van der Waals surface area contributed by atoms with Crippen LogP contribution in [-0.2, 0) is 0 Å². The van der Waals surface area contributed by atoms with Gasteiger partial charge in [-0.05, 0) is 49.9 Å². The molecule has 3 rings (SSSR count). The summed E-state index contributed by atoms with van der Waals surface area (Å²) in [4.78, 5) is 4.39. The number of aromatic nitrogens is 2. The largest absolute Gasteiger partial charge is 0.507 e. The molecular formula is C13H14N2O2. The van der Waals surface area contributed by atoms with Crippen molar-refractivity contribution in [3.63, 3.8) is 0 Å². The molecule has 1 N–H and O–H groups in total. The number of phenolic OH excluding ortho intramolecular Hbond substituents is 1. The molecule has 1 saturated carbocycles. The zero-order chi connectivity index (χ0) is 12.0. The lowest BCUT2D eigenvalue weighted by atomic mass is 10.1. The minimum absolute atomic E-state index is 0.333. The second kappa shape index (κ2) is 3.58.